The summed E-state index contributed by atoms with van der Waals surface area (Å²) in [5.41, 5.74) is 2.54. The van der Waals surface area contributed by atoms with Crippen LogP contribution in [0.25, 0.3) is 0 Å². The van der Waals surface area contributed by atoms with E-state index >= 15 is 0 Å². The molecule has 0 spiro atoms. The Labute approximate surface area is 143 Å². The van der Waals surface area contributed by atoms with Gasteiger partial charge in [-0.3, -0.25) is 9.69 Å². The normalized spacial score (nSPS) is 34.0. The van der Waals surface area contributed by atoms with Crippen molar-refractivity contribution in [1.82, 2.24) is 4.90 Å². The van der Waals surface area contributed by atoms with Crippen molar-refractivity contribution in [3.8, 4) is 0 Å². The number of rotatable bonds is 3. The minimum Gasteiger partial charge on any atom is -0.298 e. The molecule has 0 N–H and O–H groups in total. The van der Waals surface area contributed by atoms with Crippen molar-refractivity contribution in [2.45, 2.75) is 49.7 Å². The van der Waals surface area contributed by atoms with Gasteiger partial charge in [-0.1, -0.05) is 60.7 Å². The molecular weight excluding hydrogens is 294 g/mol. The van der Waals surface area contributed by atoms with E-state index < -0.39 is 0 Å². The van der Waals surface area contributed by atoms with E-state index in [1.165, 1.54) is 24.0 Å². The summed E-state index contributed by atoms with van der Waals surface area (Å²) in [7, 11) is 0. The van der Waals surface area contributed by atoms with Crippen molar-refractivity contribution >= 4 is 5.78 Å². The first-order valence-corrected chi connectivity index (χ1v) is 9.24. The maximum Gasteiger partial charge on any atom is 0.154 e. The molecule has 122 valence electrons. The van der Waals surface area contributed by atoms with Gasteiger partial charge in [-0.15, -0.1) is 0 Å². The molecule has 4 aliphatic heterocycles. The summed E-state index contributed by atoms with van der Waals surface area (Å²) in [5.74, 6) is 0.945. The average Bonchev–Trinajstić information content (AvgIpc) is 2.91. The third-order valence-electron chi connectivity index (χ3n) is 6.44. The lowest BCUT2D eigenvalue weighted by Crippen LogP contribution is -2.62. The topological polar surface area (TPSA) is 20.3 Å². The number of benzene rings is 2. The Balaban J connectivity index is 1.63. The van der Waals surface area contributed by atoms with E-state index in [4.69, 9.17) is 0 Å². The quantitative estimate of drug-likeness (QED) is 0.852. The average molecular weight is 317 g/mol. The number of hydrogen-bond donors (Lipinski definition) is 0. The Morgan fingerprint density at radius 2 is 1.29 bits per heavy atom. The fourth-order valence-electron chi connectivity index (χ4n) is 5.50. The SMILES string of the molecule is O=C1C2CC3CCC(C2)N3C1C(c1ccccc1)c1ccccc1. The minimum absolute atomic E-state index is 0.0276. The highest BCUT2D eigenvalue weighted by Crippen LogP contribution is 2.50. The van der Waals surface area contributed by atoms with Gasteiger partial charge >= 0.3 is 0 Å². The molecule has 0 aromatic heterocycles. The molecule has 0 aliphatic carbocycles. The summed E-state index contributed by atoms with van der Waals surface area (Å²) in [4.78, 5) is 15.9. The molecule has 0 amide bonds. The molecule has 0 saturated carbocycles. The van der Waals surface area contributed by atoms with Gasteiger partial charge in [0.25, 0.3) is 0 Å². The van der Waals surface area contributed by atoms with Gasteiger partial charge in [0, 0.05) is 23.9 Å². The van der Waals surface area contributed by atoms with E-state index in [0.717, 1.165) is 12.8 Å². The van der Waals surface area contributed by atoms with Gasteiger partial charge in [0.1, 0.15) is 0 Å². The zero-order valence-electron chi connectivity index (χ0n) is 13.8. The van der Waals surface area contributed by atoms with Gasteiger partial charge in [0.05, 0.1) is 6.04 Å². The lowest BCUT2D eigenvalue weighted by molar-refractivity contribution is -0.142. The van der Waals surface area contributed by atoms with E-state index in [-0.39, 0.29) is 12.0 Å². The number of nitrogens with zero attached hydrogens (tertiary/aromatic N) is 1. The molecule has 6 rings (SSSR count). The van der Waals surface area contributed by atoms with Crippen LogP contribution < -0.4 is 0 Å². The first-order chi connectivity index (χ1) is 11.8. The summed E-state index contributed by atoms with van der Waals surface area (Å²) < 4.78 is 0. The molecular formula is C22H23NO. The molecule has 2 heteroatoms. The second-order valence-corrected chi connectivity index (χ2v) is 7.65. The van der Waals surface area contributed by atoms with Crippen molar-refractivity contribution < 1.29 is 4.79 Å². The molecule has 0 radical (unpaired) electrons. The van der Waals surface area contributed by atoms with Gasteiger partial charge in [-0.05, 0) is 36.8 Å². The Morgan fingerprint density at radius 3 is 1.79 bits per heavy atom. The predicted molar refractivity (Wildman–Crippen MR) is 94.9 cm³/mol. The Hall–Kier alpha value is -1.93. The Kier molecular flexibility index (Phi) is 3.34. The zero-order chi connectivity index (χ0) is 16.1. The minimum atomic E-state index is 0.0276. The van der Waals surface area contributed by atoms with Gasteiger partial charge in [-0.2, -0.15) is 0 Å². The van der Waals surface area contributed by atoms with Crippen LogP contribution in [0.1, 0.15) is 42.7 Å². The van der Waals surface area contributed by atoms with Crippen LogP contribution in [0.4, 0.5) is 0 Å². The lowest BCUT2D eigenvalue weighted by atomic mass is 9.70. The second kappa shape index (κ2) is 5.56. The summed E-state index contributed by atoms with van der Waals surface area (Å²) in [6, 6.07) is 22.6. The number of hydrogen-bond acceptors (Lipinski definition) is 2. The third-order valence-corrected chi connectivity index (χ3v) is 6.44. The molecule has 2 aromatic carbocycles. The van der Waals surface area contributed by atoms with Gasteiger partial charge in [0.15, 0.2) is 5.78 Å². The predicted octanol–water partition coefficient (Wildman–Crippen LogP) is 4.01. The number of ketones is 1. The van der Waals surface area contributed by atoms with Crippen LogP contribution in [-0.2, 0) is 4.79 Å². The molecule has 2 aromatic rings. The molecule has 3 atom stereocenters. The highest BCUT2D eigenvalue weighted by Gasteiger charge is 2.55. The molecule has 4 saturated heterocycles. The van der Waals surface area contributed by atoms with E-state index in [0.29, 0.717) is 23.8 Å². The molecule has 4 heterocycles. The smallest absolute Gasteiger partial charge is 0.154 e. The molecule has 3 unspecified atom stereocenters. The molecule has 24 heavy (non-hydrogen) atoms. The summed E-state index contributed by atoms with van der Waals surface area (Å²) in [5, 5.41) is 0. The third kappa shape index (κ3) is 2.09. The Bertz CT molecular complexity index is 688. The van der Waals surface area contributed by atoms with Gasteiger partial charge < -0.3 is 0 Å². The highest BCUT2D eigenvalue weighted by molar-refractivity contribution is 5.90. The Morgan fingerprint density at radius 1 is 0.792 bits per heavy atom. The van der Waals surface area contributed by atoms with Gasteiger partial charge in [0.2, 0.25) is 0 Å². The summed E-state index contributed by atoms with van der Waals surface area (Å²) >= 11 is 0. The van der Waals surface area contributed by atoms with Crippen LogP contribution in [0, 0.1) is 5.92 Å². The highest BCUT2D eigenvalue weighted by atomic mass is 16.1. The summed E-state index contributed by atoms with van der Waals surface area (Å²) in [6.07, 6.45) is 4.76. The first kappa shape index (κ1) is 14.4. The maximum atomic E-state index is 13.3. The van der Waals surface area contributed by atoms with Crippen LogP contribution in [-0.4, -0.2) is 28.8 Å². The van der Waals surface area contributed by atoms with Gasteiger partial charge in [-0.25, -0.2) is 0 Å². The van der Waals surface area contributed by atoms with Crippen molar-refractivity contribution in [3.05, 3.63) is 71.8 Å². The lowest BCUT2D eigenvalue weighted by Gasteiger charge is -2.52. The van der Waals surface area contributed by atoms with E-state index in [9.17, 15) is 4.79 Å². The van der Waals surface area contributed by atoms with Crippen LogP contribution in [0.5, 0.6) is 0 Å². The van der Waals surface area contributed by atoms with Crippen LogP contribution in [0.2, 0.25) is 0 Å². The van der Waals surface area contributed by atoms with E-state index in [1.807, 2.05) is 0 Å². The summed E-state index contributed by atoms with van der Waals surface area (Å²) in [6.45, 7) is 0. The van der Waals surface area contributed by atoms with Crippen molar-refractivity contribution in [2.24, 2.45) is 5.92 Å². The van der Waals surface area contributed by atoms with E-state index in [1.54, 1.807) is 0 Å². The first-order valence-electron chi connectivity index (χ1n) is 9.24. The number of piperidine rings is 3. The number of carbonyl (C=O) groups excluding carboxylic acids is 1. The fraction of sp³-hybridized carbons (Fsp3) is 0.409. The largest absolute Gasteiger partial charge is 0.298 e. The fourth-order valence-corrected chi connectivity index (χ4v) is 5.50. The number of carbonyl (C=O) groups is 1. The zero-order valence-corrected chi connectivity index (χ0v) is 13.8. The molecule has 4 bridgehead atoms. The monoisotopic (exact) mass is 317 g/mol. The van der Waals surface area contributed by atoms with Crippen molar-refractivity contribution in [1.29, 1.82) is 0 Å². The number of Topliss-reactive ketones (excluding diaryl/α,β-unsaturated/α-hetero) is 1. The maximum absolute atomic E-state index is 13.3. The standard InChI is InChI=1S/C22H23NO/c24-22-17-13-18-11-12-19(14-17)23(18)21(22)20(15-7-3-1-4-8-15)16-9-5-2-6-10-16/h1-10,17-21H,11-14H2. The van der Waals surface area contributed by atoms with Crippen LogP contribution in [0.3, 0.4) is 0 Å². The number of fused-ring (bicyclic) bond motifs is 1. The van der Waals surface area contributed by atoms with Crippen LogP contribution >= 0.6 is 0 Å². The molecule has 4 aliphatic rings. The van der Waals surface area contributed by atoms with Crippen LogP contribution in [0.15, 0.2) is 60.7 Å². The van der Waals surface area contributed by atoms with Crippen molar-refractivity contribution in [2.75, 3.05) is 0 Å². The van der Waals surface area contributed by atoms with Crippen molar-refractivity contribution in [3.63, 3.8) is 0 Å². The molecule has 2 nitrogen and oxygen atoms in total. The molecule has 4 fully saturated rings. The second-order valence-electron chi connectivity index (χ2n) is 7.65. The van der Waals surface area contributed by atoms with E-state index in [2.05, 4.69) is 65.6 Å².